The molecule has 5 heteroatoms. The number of esters is 1. The van der Waals surface area contributed by atoms with E-state index in [4.69, 9.17) is 16.3 Å². The maximum Gasteiger partial charge on any atom is 0.354 e. The van der Waals surface area contributed by atoms with Gasteiger partial charge in [-0.05, 0) is 25.1 Å². The molecule has 0 amide bonds. The van der Waals surface area contributed by atoms with Crippen molar-refractivity contribution in [3.63, 3.8) is 0 Å². The third kappa shape index (κ3) is 2.17. The lowest BCUT2D eigenvalue weighted by molar-refractivity contribution is 0.0519. The Bertz CT molecular complexity index is 633. The van der Waals surface area contributed by atoms with Gasteiger partial charge in [-0.3, -0.25) is 4.79 Å². The summed E-state index contributed by atoms with van der Waals surface area (Å²) in [5.41, 5.74) is -0.245. The van der Waals surface area contributed by atoms with Crippen molar-refractivity contribution < 1.29 is 9.53 Å². The molecule has 0 aliphatic heterocycles. The van der Waals surface area contributed by atoms with Crippen LogP contribution in [0.4, 0.5) is 0 Å². The molecule has 1 N–H and O–H groups in total. The fourth-order valence-corrected chi connectivity index (χ4v) is 1.80. The lowest BCUT2D eigenvalue weighted by atomic mass is 10.1. The highest BCUT2D eigenvalue weighted by Crippen LogP contribution is 2.21. The number of fused-ring (bicyclic) bond motifs is 1. The summed E-state index contributed by atoms with van der Waals surface area (Å²) in [7, 11) is 0. The van der Waals surface area contributed by atoms with Gasteiger partial charge in [0.15, 0.2) is 0 Å². The molecule has 0 saturated carbocycles. The first-order chi connectivity index (χ1) is 8.13. The highest BCUT2D eigenvalue weighted by Gasteiger charge is 2.11. The van der Waals surface area contributed by atoms with E-state index >= 15 is 0 Å². The number of hydrogen-bond acceptors (Lipinski definition) is 3. The summed E-state index contributed by atoms with van der Waals surface area (Å²) < 4.78 is 4.82. The minimum Gasteiger partial charge on any atom is -0.461 e. The molecule has 0 fully saturated rings. The van der Waals surface area contributed by atoms with E-state index in [1.807, 2.05) is 0 Å². The van der Waals surface area contributed by atoms with Crippen LogP contribution in [0.1, 0.15) is 17.4 Å². The number of hydrogen-bond donors (Lipinski definition) is 1. The monoisotopic (exact) mass is 251 g/mol. The molecule has 0 saturated heterocycles. The largest absolute Gasteiger partial charge is 0.461 e. The summed E-state index contributed by atoms with van der Waals surface area (Å²) in [6.45, 7) is 1.95. The van der Waals surface area contributed by atoms with Crippen molar-refractivity contribution in [3.8, 4) is 0 Å². The molecule has 0 spiro atoms. The lowest BCUT2D eigenvalue weighted by Gasteiger charge is -2.04. The van der Waals surface area contributed by atoms with Crippen molar-refractivity contribution >= 4 is 28.3 Å². The molecule has 1 heterocycles. The van der Waals surface area contributed by atoms with Crippen LogP contribution in [-0.2, 0) is 4.74 Å². The minimum absolute atomic E-state index is 0.109. The van der Waals surface area contributed by atoms with Crippen molar-refractivity contribution in [1.82, 2.24) is 4.98 Å². The maximum absolute atomic E-state index is 11.7. The Hall–Kier alpha value is -1.81. The van der Waals surface area contributed by atoms with Crippen LogP contribution >= 0.6 is 11.6 Å². The first-order valence-corrected chi connectivity index (χ1v) is 5.50. The van der Waals surface area contributed by atoms with Crippen LogP contribution in [-0.4, -0.2) is 17.6 Å². The van der Waals surface area contributed by atoms with Crippen LogP contribution in [0.15, 0.2) is 29.1 Å². The van der Waals surface area contributed by atoms with Crippen LogP contribution < -0.4 is 5.56 Å². The van der Waals surface area contributed by atoms with Gasteiger partial charge in [0.2, 0.25) is 0 Å². The fourth-order valence-electron chi connectivity index (χ4n) is 1.57. The molecule has 0 aliphatic rings. The Balaban J connectivity index is 2.66. The number of benzene rings is 1. The van der Waals surface area contributed by atoms with Crippen LogP contribution in [0.5, 0.6) is 0 Å². The van der Waals surface area contributed by atoms with Gasteiger partial charge < -0.3 is 9.72 Å². The van der Waals surface area contributed by atoms with Crippen molar-refractivity contribution in [2.75, 3.05) is 6.61 Å². The molecule has 2 aromatic rings. The molecule has 0 unspecified atom stereocenters. The number of nitrogens with one attached hydrogen (secondary N) is 1. The average molecular weight is 252 g/mol. The van der Waals surface area contributed by atoms with E-state index in [0.29, 0.717) is 15.8 Å². The van der Waals surface area contributed by atoms with E-state index in [-0.39, 0.29) is 17.9 Å². The standard InChI is InChI=1S/C12H10ClNO3/c1-2-17-12(16)10-6-8-7(11(15)14-10)4-3-5-9(8)13/h3-6H,2H2,1H3,(H,14,15). The molecular formula is C12H10ClNO3. The number of rotatable bonds is 2. The van der Waals surface area contributed by atoms with Crippen LogP contribution in [0.2, 0.25) is 5.02 Å². The number of carbonyl (C=O) groups is 1. The van der Waals surface area contributed by atoms with Crippen LogP contribution in [0, 0.1) is 0 Å². The Morgan fingerprint density at radius 3 is 2.88 bits per heavy atom. The Kier molecular flexibility index (Phi) is 3.15. The van der Waals surface area contributed by atoms with Gasteiger partial charge in [-0.15, -0.1) is 0 Å². The summed E-state index contributed by atoms with van der Waals surface area (Å²) in [4.78, 5) is 25.7. The quantitative estimate of drug-likeness (QED) is 0.834. The summed E-state index contributed by atoms with van der Waals surface area (Å²) in [6.07, 6.45) is 0. The molecule has 2 rings (SSSR count). The predicted octanol–water partition coefficient (Wildman–Crippen LogP) is 2.36. The highest BCUT2D eigenvalue weighted by molar-refractivity contribution is 6.35. The molecule has 88 valence electrons. The van der Waals surface area contributed by atoms with E-state index in [1.165, 1.54) is 6.07 Å². The summed E-state index contributed by atoms with van der Waals surface area (Å²) in [5, 5.41) is 1.42. The molecule has 0 bridgehead atoms. The van der Waals surface area contributed by atoms with Gasteiger partial charge in [0, 0.05) is 15.8 Å². The lowest BCUT2D eigenvalue weighted by Crippen LogP contribution is -2.15. The number of aromatic amines is 1. The summed E-state index contributed by atoms with van der Waals surface area (Å²) >= 11 is 5.98. The second kappa shape index (κ2) is 4.59. The second-order valence-electron chi connectivity index (χ2n) is 3.43. The highest BCUT2D eigenvalue weighted by atomic mass is 35.5. The average Bonchev–Trinajstić information content (AvgIpc) is 2.30. The van der Waals surface area contributed by atoms with Gasteiger partial charge in [0.1, 0.15) is 5.69 Å². The Labute approximate surface area is 102 Å². The minimum atomic E-state index is -0.564. The molecule has 4 nitrogen and oxygen atoms in total. The fraction of sp³-hybridized carbons (Fsp3) is 0.167. The van der Waals surface area contributed by atoms with Gasteiger partial charge in [0.25, 0.3) is 5.56 Å². The number of aromatic nitrogens is 1. The molecule has 0 atom stereocenters. The van der Waals surface area contributed by atoms with E-state index in [9.17, 15) is 9.59 Å². The number of pyridine rings is 1. The molecule has 17 heavy (non-hydrogen) atoms. The molecule has 0 radical (unpaired) electrons. The van der Waals surface area contributed by atoms with Gasteiger partial charge >= 0.3 is 5.97 Å². The van der Waals surface area contributed by atoms with Gasteiger partial charge in [-0.25, -0.2) is 4.79 Å². The summed E-state index contributed by atoms with van der Waals surface area (Å²) in [5.74, 6) is -0.564. The number of halogens is 1. The third-order valence-corrected chi connectivity index (χ3v) is 2.66. The van der Waals surface area contributed by atoms with Gasteiger partial charge in [0.05, 0.1) is 6.61 Å². The van der Waals surface area contributed by atoms with E-state index in [2.05, 4.69) is 4.98 Å². The van der Waals surface area contributed by atoms with Crippen LogP contribution in [0.25, 0.3) is 10.8 Å². The van der Waals surface area contributed by atoms with Crippen molar-refractivity contribution in [1.29, 1.82) is 0 Å². The number of carbonyl (C=O) groups excluding carboxylic acids is 1. The topological polar surface area (TPSA) is 59.2 Å². The number of ether oxygens (including phenoxy) is 1. The zero-order chi connectivity index (χ0) is 12.4. The molecule has 1 aromatic heterocycles. The first-order valence-electron chi connectivity index (χ1n) is 5.12. The molecule has 0 aliphatic carbocycles. The first kappa shape index (κ1) is 11.7. The predicted molar refractivity (Wildman–Crippen MR) is 65.5 cm³/mol. The zero-order valence-corrected chi connectivity index (χ0v) is 9.88. The normalized spacial score (nSPS) is 10.5. The van der Waals surface area contributed by atoms with Crippen LogP contribution in [0.3, 0.4) is 0 Å². The SMILES string of the molecule is CCOC(=O)c1cc2c(Cl)cccc2c(=O)[nH]1. The third-order valence-electron chi connectivity index (χ3n) is 2.33. The second-order valence-corrected chi connectivity index (χ2v) is 3.84. The van der Waals surface area contributed by atoms with Gasteiger partial charge in [-0.2, -0.15) is 0 Å². The molecular weight excluding hydrogens is 242 g/mol. The van der Waals surface area contributed by atoms with Gasteiger partial charge in [-0.1, -0.05) is 17.7 Å². The summed E-state index contributed by atoms with van der Waals surface area (Å²) in [6, 6.07) is 6.52. The Morgan fingerprint density at radius 2 is 2.18 bits per heavy atom. The maximum atomic E-state index is 11.7. The van der Waals surface area contributed by atoms with E-state index < -0.39 is 5.97 Å². The van der Waals surface area contributed by atoms with E-state index in [0.717, 1.165) is 0 Å². The van der Waals surface area contributed by atoms with Crippen molar-refractivity contribution in [3.05, 3.63) is 45.3 Å². The molecule has 1 aromatic carbocycles. The zero-order valence-electron chi connectivity index (χ0n) is 9.12. The Morgan fingerprint density at radius 1 is 1.41 bits per heavy atom. The number of H-pyrrole nitrogens is 1. The van der Waals surface area contributed by atoms with E-state index in [1.54, 1.807) is 25.1 Å². The smallest absolute Gasteiger partial charge is 0.354 e. The van der Waals surface area contributed by atoms with Crippen molar-refractivity contribution in [2.24, 2.45) is 0 Å². The van der Waals surface area contributed by atoms with Crippen molar-refractivity contribution in [2.45, 2.75) is 6.92 Å².